The summed E-state index contributed by atoms with van der Waals surface area (Å²) < 4.78 is 5.87. The van der Waals surface area contributed by atoms with E-state index in [2.05, 4.69) is 16.0 Å². The molecule has 0 bridgehead atoms. The lowest BCUT2D eigenvalue weighted by Crippen LogP contribution is -2.55. The molecule has 4 atom stereocenters. The summed E-state index contributed by atoms with van der Waals surface area (Å²) in [5.41, 5.74) is 2.00. The number of fused-ring (bicyclic) bond motifs is 1. The molecule has 0 spiro atoms. The Balaban J connectivity index is 0.00000600. The fourth-order valence-electron chi connectivity index (χ4n) is 5.99. The second kappa shape index (κ2) is 19.4. The number of likely N-dealkylation sites (tertiary alicyclic amines) is 1. The average Bonchev–Trinajstić information content (AvgIpc) is 3.57. The van der Waals surface area contributed by atoms with E-state index < -0.39 is 18.2 Å². The lowest BCUT2D eigenvalue weighted by molar-refractivity contribution is -0.142. The Labute approximate surface area is 285 Å². The third-order valence-electron chi connectivity index (χ3n) is 8.76. The maximum Gasteiger partial charge on any atom is 0.243 e. The van der Waals surface area contributed by atoms with E-state index in [1.165, 1.54) is 0 Å². The molecule has 1 aliphatic rings. The minimum atomic E-state index is -0.870. The van der Waals surface area contributed by atoms with E-state index in [0.717, 1.165) is 41.2 Å². The number of carbonyl (C=O) groups excluding carboxylic acids is 3. The summed E-state index contributed by atoms with van der Waals surface area (Å²) in [6.07, 6.45) is 2.16. The second-order valence-electron chi connectivity index (χ2n) is 12.3. The molecular weight excluding hydrogens is 616 g/mol. The van der Waals surface area contributed by atoms with Crippen LogP contribution in [0.25, 0.3) is 10.8 Å². The maximum absolute atomic E-state index is 13.6. The molecule has 47 heavy (non-hydrogen) atoms. The SMILES string of the molecule is CCC(CC)C(=O)N1CCC[C@H]1C(=O)N[C@H](Cc1ccc2ccccc2c1)C(=O)NCC(O)CNC[C@@H](C)OCc1ccccc1.Cl. The van der Waals surface area contributed by atoms with Gasteiger partial charge in [-0.05, 0) is 54.5 Å². The van der Waals surface area contributed by atoms with E-state index >= 15 is 0 Å². The minimum Gasteiger partial charge on any atom is -0.390 e. The van der Waals surface area contributed by atoms with Crippen molar-refractivity contribution in [2.45, 2.75) is 83.8 Å². The van der Waals surface area contributed by atoms with Crippen LogP contribution >= 0.6 is 12.4 Å². The van der Waals surface area contributed by atoms with Gasteiger partial charge in [0.15, 0.2) is 0 Å². The highest BCUT2D eigenvalue weighted by atomic mass is 35.5. The summed E-state index contributed by atoms with van der Waals surface area (Å²) in [5.74, 6) is -0.798. The van der Waals surface area contributed by atoms with E-state index in [4.69, 9.17) is 4.74 Å². The van der Waals surface area contributed by atoms with Gasteiger partial charge in [-0.1, -0.05) is 86.6 Å². The van der Waals surface area contributed by atoms with Gasteiger partial charge in [0.1, 0.15) is 12.1 Å². The molecule has 3 aromatic rings. The fraction of sp³-hybridized carbons (Fsp3) is 0.486. The van der Waals surface area contributed by atoms with Crippen molar-refractivity contribution in [1.82, 2.24) is 20.9 Å². The van der Waals surface area contributed by atoms with Gasteiger partial charge >= 0.3 is 0 Å². The molecule has 10 heteroatoms. The van der Waals surface area contributed by atoms with Crippen LogP contribution in [-0.2, 0) is 32.1 Å². The molecule has 4 N–H and O–H groups in total. The molecule has 1 fully saturated rings. The van der Waals surface area contributed by atoms with Gasteiger partial charge in [0.05, 0.1) is 18.8 Å². The molecule has 4 rings (SSSR count). The zero-order chi connectivity index (χ0) is 32.9. The van der Waals surface area contributed by atoms with Crippen LogP contribution in [0.1, 0.15) is 57.6 Å². The molecule has 1 unspecified atom stereocenters. The van der Waals surface area contributed by atoms with Crippen LogP contribution in [0.15, 0.2) is 72.8 Å². The number of ether oxygens (including phenoxy) is 1. The van der Waals surface area contributed by atoms with Gasteiger partial charge in [-0.3, -0.25) is 14.4 Å². The van der Waals surface area contributed by atoms with Gasteiger partial charge in [-0.2, -0.15) is 0 Å². The monoisotopic (exact) mass is 666 g/mol. The molecular formula is C37H51ClN4O5. The number of nitrogens with zero attached hydrogens (tertiary/aromatic N) is 1. The Morgan fingerprint density at radius 3 is 2.34 bits per heavy atom. The third-order valence-corrected chi connectivity index (χ3v) is 8.76. The largest absolute Gasteiger partial charge is 0.390 e. The fourth-order valence-corrected chi connectivity index (χ4v) is 5.99. The number of hydrogen-bond acceptors (Lipinski definition) is 6. The van der Waals surface area contributed by atoms with Crippen molar-refractivity contribution in [3.8, 4) is 0 Å². The average molecular weight is 667 g/mol. The number of nitrogens with one attached hydrogen (secondary N) is 3. The molecule has 1 saturated heterocycles. The molecule has 0 aromatic heterocycles. The van der Waals surface area contributed by atoms with Gasteiger partial charge in [0.25, 0.3) is 0 Å². The standard InChI is InChI=1S/C37H50N4O5.ClH/c1-4-29(5-2)37(45)41-19-11-16-34(41)36(44)40-33(21-28-17-18-30-14-9-10-15-31(30)20-28)35(43)39-24-32(42)23-38-22-26(3)46-25-27-12-7-6-8-13-27;/h6-10,12-15,17-18,20,26,29,32-34,38,42H,4-5,11,16,19,21-25H2,1-3H3,(H,39,43)(H,40,44);1H/t26-,32?,33-,34+;/m1./s1. The van der Waals surface area contributed by atoms with Crippen molar-refractivity contribution in [1.29, 1.82) is 0 Å². The predicted molar refractivity (Wildman–Crippen MR) is 188 cm³/mol. The van der Waals surface area contributed by atoms with E-state index in [9.17, 15) is 19.5 Å². The number of rotatable bonds is 17. The van der Waals surface area contributed by atoms with Crippen LogP contribution in [0.3, 0.4) is 0 Å². The molecule has 0 radical (unpaired) electrons. The molecule has 256 valence electrons. The first kappa shape index (κ1) is 38.0. The first-order valence-corrected chi connectivity index (χ1v) is 16.7. The molecule has 0 saturated carbocycles. The second-order valence-corrected chi connectivity index (χ2v) is 12.3. The maximum atomic E-state index is 13.6. The van der Waals surface area contributed by atoms with Crippen molar-refractivity contribution in [3.63, 3.8) is 0 Å². The van der Waals surface area contributed by atoms with E-state index in [1.807, 2.05) is 93.6 Å². The molecule has 1 heterocycles. The molecule has 1 aliphatic heterocycles. The normalized spacial score (nSPS) is 16.4. The zero-order valence-electron chi connectivity index (χ0n) is 27.8. The number of halogens is 1. The Morgan fingerprint density at radius 1 is 0.915 bits per heavy atom. The number of carbonyl (C=O) groups is 3. The van der Waals surface area contributed by atoms with Crippen LogP contribution in [0.4, 0.5) is 0 Å². The Morgan fingerprint density at radius 2 is 1.62 bits per heavy atom. The van der Waals surface area contributed by atoms with Crippen molar-refractivity contribution in [2.75, 3.05) is 26.2 Å². The summed E-state index contributed by atoms with van der Waals surface area (Å²) in [5, 5.41) is 21.7. The first-order chi connectivity index (χ1) is 22.3. The molecule has 3 amide bonds. The van der Waals surface area contributed by atoms with Gasteiger partial charge < -0.3 is 30.7 Å². The number of aliphatic hydroxyl groups excluding tert-OH is 1. The molecule has 0 aliphatic carbocycles. The van der Waals surface area contributed by atoms with Gasteiger partial charge in [0, 0.05) is 38.5 Å². The predicted octanol–water partition coefficient (Wildman–Crippen LogP) is 4.39. The van der Waals surface area contributed by atoms with Crippen molar-refractivity contribution in [3.05, 3.63) is 83.9 Å². The van der Waals surface area contributed by atoms with Crippen LogP contribution < -0.4 is 16.0 Å². The summed E-state index contributed by atoms with van der Waals surface area (Å²) in [6, 6.07) is 22.5. The summed E-state index contributed by atoms with van der Waals surface area (Å²) in [7, 11) is 0. The van der Waals surface area contributed by atoms with Crippen molar-refractivity contribution in [2.24, 2.45) is 5.92 Å². The minimum absolute atomic E-state index is 0. The Bertz CT molecular complexity index is 1420. The van der Waals surface area contributed by atoms with E-state index in [-0.39, 0.29) is 61.7 Å². The third kappa shape index (κ3) is 11.3. The summed E-state index contributed by atoms with van der Waals surface area (Å²) in [6.45, 7) is 7.85. The van der Waals surface area contributed by atoms with Crippen LogP contribution in [-0.4, -0.2) is 78.2 Å². The van der Waals surface area contributed by atoms with Crippen molar-refractivity contribution >= 4 is 40.9 Å². The van der Waals surface area contributed by atoms with E-state index in [0.29, 0.717) is 26.1 Å². The van der Waals surface area contributed by atoms with E-state index in [1.54, 1.807) is 4.90 Å². The highest BCUT2D eigenvalue weighted by Crippen LogP contribution is 2.23. The number of aliphatic hydroxyl groups is 1. The number of hydrogen-bond donors (Lipinski definition) is 4. The van der Waals surface area contributed by atoms with Gasteiger partial charge in [0.2, 0.25) is 17.7 Å². The summed E-state index contributed by atoms with van der Waals surface area (Å²) in [4.78, 5) is 42.0. The van der Waals surface area contributed by atoms with Crippen LogP contribution in [0.2, 0.25) is 0 Å². The first-order valence-electron chi connectivity index (χ1n) is 16.7. The highest BCUT2D eigenvalue weighted by molar-refractivity contribution is 5.93. The quantitative estimate of drug-likeness (QED) is 0.170. The molecule has 3 aromatic carbocycles. The topological polar surface area (TPSA) is 120 Å². The summed E-state index contributed by atoms with van der Waals surface area (Å²) >= 11 is 0. The number of benzene rings is 3. The van der Waals surface area contributed by atoms with Crippen LogP contribution in [0, 0.1) is 5.92 Å². The van der Waals surface area contributed by atoms with Gasteiger partial charge in [-0.25, -0.2) is 0 Å². The lowest BCUT2D eigenvalue weighted by Gasteiger charge is -2.29. The zero-order valence-corrected chi connectivity index (χ0v) is 28.6. The molecule has 9 nitrogen and oxygen atoms in total. The smallest absolute Gasteiger partial charge is 0.243 e. The Kier molecular flexibility index (Phi) is 15.6. The Hall–Kier alpha value is -3.50. The highest BCUT2D eigenvalue weighted by Gasteiger charge is 2.37. The number of amides is 3. The van der Waals surface area contributed by atoms with Crippen LogP contribution in [0.5, 0.6) is 0 Å². The van der Waals surface area contributed by atoms with Crippen molar-refractivity contribution < 1.29 is 24.2 Å². The lowest BCUT2D eigenvalue weighted by atomic mass is 10.00. The van der Waals surface area contributed by atoms with Gasteiger partial charge in [-0.15, -0.1) is 12.4 Å².